The highest BCUT2D eigenvalue weighted by molar-refractivity contribution is 5.93. The number of aromatic carboxylic acids is 1. The van der Waals surface area contributed by atoms with E-state index in [1.165, 1.54) is 58.6 Å². The van der Waals surface area contributed by atoms with Gasteiger partial charge in [0.15, 0.2) is 0 Å². The van der Waals surface area contributed by atoms with Gasteiger partial charge in [-0.05, 0) is 78.7 Å². The number of hydrogen-bond donors (Lipinski definition) is 3. The first-order chi connectivity index (χ1) is 16.1. The second-order valence-corrected chi connectivity index (χ2v) is 8.97. The number of aromatic nitrogens is 1. The van der Waals surface area contributed by atoms with Crippen LogP contribution < -0.4 is 15.5 Å². The lowest BCUT2D eigenvalue weighted by atomic mass is 9.89. The van der Waals surface area contributed by atoms with Crippen molar-refractivity contribution in [1.82, 2.24) is 10.3 Å². The molecule has 3 aromatic rings. The zero-order chi connectivity index (χ0) is 22.8. The molecule has 1 fully saturated rings. The summed E-state index contributed by atoms with van der Waals surface area (Å²) >= 11 is 0. The van der Waals surface area contributed by atoms with Gasteiger partial charge in [-0.3, -0.25) is 4.98 Å². The molecule has 6 nitrogen and oxygen atoms in total. The molecule has 1 aromatic heterocycles. The highest BCUT2D eigenvalue weighted by atomic mass is 16.4. The molecule has 1 saturated heterocycles. The maximum absolute atomic E-state index is 11.5. The number of rotatable bonds is 6. The minimum atomic E-state index is -0.951. The number of anilines is 2. The highest BCUT2D eigenvalue weighted by Crippen LogP contribution is 2.33. The van der Waals surface area contributed by atoms with Gasteiger partial charge in [-0.1, -0.05) is 24.3 Å². The van der Waals surface area contributed by atoms with Crippen LogP contribution in [0.25, 0.3) is 11.1 Å². The molecule has 1 atom stereocenters. The van der Waals surface area contributed by atoms with Crippen molar-refractivity contribution in [3.05, 3.63) is 77.1 Å². The van der Waals surface area contributed by atoms with Gasteiger partial charge in [0.1, 0.15) is 0 Å². The van der Waals surface area contributed by atoms with Gasteiger partial charge in [-0.15, -0.1) is 0 Å². The molecular formula is C27H30N4O2. The summed E-state index contributed by atoms with van der Waals surface area (Å²) in [5, 5.41) is 16.3. The molecule has 0 bridgehead atoms. The minimum Gasteiger partial charge on any atom is -0.478 e. The molecule has 0 saturated carbocycles. The first-order valence-corrected chi connectivity index (χ1v) is 11.7. The van der Waals surface area contributed by atoms with Gasteiger partial charge in [0.05, 0.1) is 17.4 Å². The van der Waals surface area contributed by atoms with Gasteiger partial charge in [-0.2, -0.15) is 0 Å². The van der Waals surface area contributed by atoms with Crippen LogP contribution >= 0.6 is 0 Å². The van der Waals surface area contributed by atoms with E-state index in [2.05, 4.69) is 63.8 Å². The van der Waals surface area contributed by atoms with Crippen molar-refractivity contribution in [1.29, 1.82) is 0 Å². The van der Waals surface area contributed by atoms with Gasteiger partial charge in [0, 0.05) is 37.6 Å². The zero-order valence-electron chi connectivity index (χ0n) is 19.0. The third kappa shape index (κ3) is 4.44. The summed E-state index contributed by atoms with van der Waals surface area (Å²) in [5.74, 6) is -0.951. The van der Waals surface area contributed by atoms with Crippen LogP contribution in [0.3, 0.4) is 0 Å². The second-order valence-electron chi connectivity index (χ2n) is 8.97. The Hall–Kier alpha value is -3.38. The summed E-state index contributed by atoms with van der Waals surface area (Å²) in [5.41, 5.74) is 8.59. The Bertz CT molecular complexity index is 1170. The van der Waals surface area contributed by atoms with Crippen LogP contribution in [0.15, 0.2) is 54.9 Å². The Labute approximate surface area is 194 Å². The summed E-state index contributed by atoms with van der Waals surface area (Å²) < 4.78 is 0. The Morgan fingerprint density at radius 1 is 1.18 bits per heavy atom. The van der Waals surface area contributed by atoms with E-state index in [0.717, 1.165) is 26.1 Å². The number of carboxylic acids is 1. The van der Waals surface area contributed by atoms with Gasteiger partial charge < -0.3 is 20.6 Å². The largest absolute Gasteiger partial charge is 0.478 e. The molecule has 0 amide bonds. The Balaban J connectivity index is 1.35. The van der Waals surface area contributed by atoms with E-state index in [1.54, 1.807) is 6.20 Å². The normalized spacial score (nSPS) is 17.6. The van der Waals surface area contributed by atoms with E-state index in [9.17, 15) is 9.90 Å². The molecule has 2 aliphatic heterocycles. The molecule has 2 aromatic carbocycles. The fraction of sp³-hybridized carbons (Fsp3) is 0.333. The predicted octanol–water partition coefficient (Wildman–Crippen LogP) is 4.65. The van der Waals surface area contributed by atoms with Crippen molar-refractivity contribution in [3.63, 3.8) is 0 Å². The molecule has 0 aliphatic carbocycles. The molecule has 0 spiro atoms. The Morgan fingerprint density at radius 3 is 2.82 bits per heavy atom. The quantitative estimate of drug-likeness (QED) is 0.516. The van der Waals surface area contributed by atoms with Crippen LogP contribution in [0.5, 0.6) is 0 Å². The number of carboxylic acid groups (broad SMARTS) is 1. The van der Waals surface area contributed by atoms with Crippen LogP contribution in [0.4, 0.5) is 11.4 Å². The number of pyridine rings is 1. The van der Waals surface area contributed by atoms with E-state index in [0.29, 0.717) is 12.2 Å². The summed E-state index contributed by atoms with van der Waals surface area (Å²) in [6.45, 7) is 6.02. The number of benzene rings is 2. The Kier molecular flexibility index (Phi) is 6.01. The third-order valence-electron chi connectivity index (χ3n) is 6.84. The van der Waals surface area contributed by atoms with E-state index < -0.39 is 5.97 Å². The van der Waals surface area contributed by atoms with E-state index in [-0.39, 0.29) is 11.6 Å². The van der Waals surface area contributed by atoms with Gasteiger partial charge in [0.25, 0.3) is 0 Å². The SMILES string of the molecule is Cc1cc(N2CCCC2)ccc1-c1ccc2c(c1)CCN[C@@H]2CNc1cnccc1C(=O)O. The average Bonchev–Trinajstić information content (AvgIpc) is 3.37. The average molecular weight is 443 g/mol. The summed E-state index contributed by atoms with van der Waals surface area (Å²) in [6.07, 6.45) is 6.63. The lowest BCUT2D eigenvalue weighted by Crippen LogP contribution is -2.34. The summed E-state index contributed by atoms with van der Waals surface area (Å²) in [4.78, 5) is 18.0. The summed E-state index contributed by atoms with van der Waals surface area (Å²) in [6, 6.07) is 15.2. The fourth-order valence-electron chi connectivity index (χ4n) is 5.08. The van der Waals surface area contributed by atoms with Crippen LogP contribution in [0, 0.1) is 6.92 Å². The lowest BCUT2D eigenvalue weighted by Gasteiger charge is -2.28. The van der Waals surface area contributed by atoms with Crippen LogP contribution in [0.1, 0.15) is 45.9 Å². The van der Waals surface area contributed by atoms with Crippen molar-refractivity contribution >= 4 is 17.3 Å². The number of carbonyl (C=O) groups is 1. The number of nitrogens with one attached hydrogen (secondary N) is 2. The number of hydrogen-bond acceptors (Lipinski definition) is 5. The minimum absolute atomic E-state index is 0.114. The molecule has 33 heavy (non-hydrogen) atoms. The lowest BCUT2D eigenvalue weighted by molar-refractivity contribution is 0.0697. The van der Waals surface area contributed by atoms with E-state index in [1.807, 2.05) is 0 Å². The van der Waals surface area contributed by atoms with Gasteiger partial charge in [-0.25, -0.2) is 4.79 Å². The molecule has 2 aliphatic rings. The number of nitrogens with zero attached hydrogens (tertiary/aromatic N) is 2. The summed E-state index contributed by atoms with van der Waals surface area (Å²) in [7, 11) is 0. The van der Waals surface area contributed by atoms with Crippen LogP contribution in [0.2, 0.25) is 0 Å². The Morgan fingerprint density at radius 2 is 2.03 bits per heavy atom. The maximum Gasteiger partial charge on any atom is 0.337 e. The van der Waals surface area contributed by atoms with E-state index in [4.69, 9.17) is 0 Å². The molecule has 5 rings (SSSR count). The second kappa shape index (κ2) is 9.24. The number of aryl methyl sites for hydroxylation is 1. The van der Waals surface area contributed by atoms with Crippen molar-refractivity contribution in [2.45, 2.75) is 32.2 Å². The van der Waals surface area contributed by atoms with Crippen LogP contribution in [-0.4, -0.2) is 42.2 Å². The van der Waals surface area contributed by atoms with Crippen molar-refractivity contribution < 1.29 is 9.90 Å². The van der Waals surface area contributed by atoms with Crippen molar-refractivity contribution in [2.24, 2.45) is 0 Å². The monoisotopic (exact) mass is 442 g/mol. The number of fused-ring (bicyclic) bond motifs is 1. The highest BCUT2D eigenvalue weighted by Gasteiger charge is 2.21. The van der Waals surface area contributed by atoms with E-state index >= 15 is 0 Å². The molecule has 0 unspecified atom stereocenters. The molecular weight excluding hydrogens is 412 g/mol. The first kappa shape index (κ1) is 21.5. The predicted molar refractivity (Wildman–Crippen MR) is 132 cm³/mol. The smallest absolute Gasteiger partial charge is 0.337 e. The standard InChI is InChI=1S/C27H30N4O2/c1-18-14-21(31-12-2-3-13-31)5-7-22(18)19-4-6-23-20(15-19)8-11-29-26(23)17-30-25-16-28-10-9-24(25)27(32)33/h4-7,9-10,14-16,26,29-30H,2-3,8,11-13,17H2,1H3,(H,32,33)/t26-/m1/s1. The molecule has 170 valence electrons. The van der Waals surface area contributed by atoms with Gasteiger partial charge in [0.2, 0.25) is 0 Å². The van der Waals surface area contributed by atoms with Crippen molar-refractivity contribution in [2.75, 3.05) is 36.4 Å². The first-order valence-electron chi connectivity index (χ1n) is 11.7. The topological polar surface area (TPSA) is 77.5 Å². The zero-order valence-corrected chi connectivity index (χ0v) is 19.0. The molecule has 6 heteroatoms. The van der Waals surface area contributed by atoms with Crippen LogP contribution in [-0.2, 0) is 6.42 Å². The third-order valence-corrected chi connectivity index (χ3v) is 6.84. The fourth-order valence-corrected chi connectivity index (χ4v) is 5.08. The molecule has 3 heterocycles. The van der Waals surface area contributed by atoms with Crippen molar-refractivity contribution in [3.8, 4) is 11.1 Å². The van der Waals surface area contributed by atoms with Gasteiger partial charge >= 0.3 is 5.97 Å². The molecule has 3 N–H and O–H groups in total. The molecule has 0 radical (unpaired) electrons. The maximum atomic E-state index is 11.5.